The largest absolute Gasteiger partial charge is 0.354 e. The van der Waals surface area contributed by atoms with Gasteiger partial charge in [0.15, 0.2) is 0 Å². The van der Waals surface area contributed by atoms with Gasteiger partial charge in [-0.3, -0.25) is 13.9 Å². The summed E-state index contributed by atoms with van der Waals surface area (Å²) in [5.74, 6) is -0.319. The van der Waals surface area contributed by atoms with Gasteiger partial charge in [0.25, 0.3) is 0 Å². The minimum Gasteiger partial charge on any atom is -0.354 e. The minimum absolute atomic E-state index is 0.0202. The summed E-state index contributed by atoms with van der Waals surface area (Å²) in [4.78, 5) is 28.3. The minimum atomic E-state index is -3.80. The average Bonchev–Trinajstić information content (AvgIpc) is 2.81. The lowest BCUT2D eigenvalue weighted by atomic mass is 10.0. The predicted octanol–water partition coefficient (Wildman–Crippen LogP) is 5.46. The lowest BCUT2D eigenvalue weighted by Gasteiger charge is -2.33. The maximum Gasteiger partial charge on any atom is 0.244 e. The fourth-order valence-electron chi connectivity index (χ4n) is 3.81. The molecule has 7 nitrogen and oxygen atoms in total. The highest BCUT2D eigenvalue weighted by atomic mass is 35.5. The van der Waals surface area contributed by atoms with Crippen LogP contribution in [0, 0.1) is 5.92 Å². The number of hydrogen-bond acceptors (Lipinski definition) is 4. The highest BCUT2D eigenvalue weighted by molar-refractivity contribution is 7.92. The molecule has 2 amide bonds. The third kappa shape index (κ3) is 8.90. The van der Waals surface area contributed by atoms with Crippen molar-refractivity contribution in [2.24, 2.45) is 5.92 Å². The second kappa shape index (κ2) is 13.5. The number of anilines is 1. The Morgan fingerprint density at radius 2 is 1.62 bits per heavy atom. The van der Waals surface area contributed by atoms with Gasteiger partial charge >= 0.3 is 0 Å². The van der Waals surface area contributed by atoms with Crippen LogP contribution in [-0.4, -0.2) is 50.5 Å². The number of hydrogen-bond donors (Lipinski definition) is 1. The Labute approximate surface area is 231 Å². The maximum atomic E-state index is 13.7. The predicted molar refractivity (Wildman–Crippen MR) is 152 cm³/mol. The number of nitrogens with zero attached hydrogens (tertiary/aromatic N) is 2. The number of amides is 2. The van der Waals surface area contributed by atoms with Crippen LogP contribution < -0.4 is 9.62 Å². The fraction of sp³-hybridized carbons (Fsp3) is 0.481. The monoisotopic (exact) mass is 569 g/mol. The van der Waals surface area contributed by atoms with E-state index in [0.29, 0.717) is 34.3 Å². The molecule has 204 valence electrons. The van der Waals surface area contributed by atoms with Crippen molar-refractivity contribution in [3.8, 4) is 0 Å². The summed E-state index contributed by atoms with van der Waals surface area (Å²) in [5, 5.41) is 3.69. The summed E-state index contributed by atoms with van der Waals surface area (Å²) in [6.45, 7) is 9.87. The summed E-state index contributed by atoms with van der Waals surface area (Å²) in [5.41, 5.74) is 2.03. The fourth-order valence-corrected chi connectivity index (χ4v) is 5.13. The third-order valence-corrected chi connectivity index (χ3v) is 7.68. The maximum absolute atomic E-state index is 13.7. The van der Waals surface area contributed by atoms with E-state index in [-0.39, 0.29) is 24.3 Å². The highest BCUT2D eigenvalue weighted by Gasteiger charge is 2.32. The van der Waals surface area contributed by atoms with E-state index in [1.165, 1.54) is 4.90 Å². The first-order valence-electron chi connectivity index (χ1n) is 12.3. The molecule has 0 saturated carbocycles. The van der Waals surface area contributed by atoms with Crippen molar-refractivity contribution in [2.75, 3.05) is 23.7 Å². The highest BCUT2D eigenvalue weighted by Crippen LogP contribution is 2.26. The van der Waals surface area contributed by atoms with E-state index < -0.39 is 28.5 Å². The van der Waals surface area contributed by atoms with E-state index >= 15 is 0 Å². The first-order valence-corrected chi connectivity index (χ1v) is 14.9. The molecule has 0 unspecified atom stereocenters. The summed E-state index contributed by atoms with van der Waals surface area (Å²) >= 11 is 12.4. The first-order chi connectivity index (χ1) is 17.2. The van der Waals surface area contributed by atoms with Crippen molar-refractivity contribution >= 4 is 50.7 Å². The number of nitrogens with one attached hydrogen (secondary N) is 1. The van der Waals surface area contributed by atoms with Crippen LogP contribution in [0.5, 0.6) is 0 Å². The van der Waals surface area contributed by atoms with Gasteiger partial charge in [0, 0.05) is 23.1 Å². The zero-order valence-corrected chi connectivity index (χ0v) is 24.6. The Hall–Kier alpha value is -2.29. The quantitative estimate of drug-likeness (QED) is 0.367. The van der Waals surface area contributed by atoms with Gasteiger partial charge in [-0.1, -0.05) is 76.0 Å². The van der Waals surface area contributed by atoms with Crippen LogP contribution in [-0.2, 0) is 26.2 Å². The third-order valence-electron chi connectivity index (χ3n) is 5.95. The number of carbonyl (C=O) groups excluding carboxylic acids is 2. The summed E-state index contributed by atoms with van der Waals surface area (Å²) < 4.78 is 26.6. The zero-order chi connectivity index (χ0) is 27.9. The molecule has 1 N–H and O–H groups in total. The van der Waals surface area contributed by atoms with Crippen LogP contribution in [0.3, 0.4) is 0 Å². The van der Waals surface area contributed by atoms with Crippen LogP contribution in [0.1, 0.15) is 58.1 Å². The molecule has 0 radical (unpaired) electrons. The van der Waals surface area contributed by atoms with Gasteiger partial charge < -0.3 is 10.2 Å². The molecule has 2 aromatic rings. The van der Waals surface area contributed by atoms with Gasteiger partial charge in [0.1, 0.15) is 12.6 Å². The van der Waals surface area contributed by atoms with Crippen molar-refractivity contribution in [3.05, 3.63) is 63.6 Å². The first kappa shape index (κ1) is 30.9. The normalized spacial score (nSPS) is 12.5. The van der Waals surface area contributed by atoms with Crippen LogP contribution in [0.4, 0.5) is 5.69 Å². The van der Waals surface area contributed by atoms with Gasteiger partial charge in [-0.2, -0.15) is 0 Å². The van der Waals surface area contributed by atoms with E-state index in [2.05, 4.69) is 5.32 Å². The Bertz CT molecular complexity index is 1180. The van der Waals surface area contributed by atoms with E-state index in [1.807, 2.05) is 46.8 Å². The van der Waals surface area contributed by atoms with Crippen molar-refractivity contribution in [1.82, 2.24) is 10.2 Å². The Balaban J connectivity index is 2.45. The number of halogens is 2. The van der Waals surface area contributed by atoms with E-state index in [9.17, 15) is 18.0 Å². The second-order valence-electron chi connectivity index (χ2n) is 9.84. The lowest BCUT2D eigenvalue weighted by molar-refractivity contribution is -0.140. The molecule has 0 bridgehead atoms. The van der Waals surface area contributed by atoms with Crippen molar-refractivity contribution < 1.29 is 18.0 Å². The van der Waals surface area contributed by atoms with Gasteiger partial charge in [0.05, 0.1) is 11.9 Å². The molecule has 2 rings (SSSR count). The number of carbonyl (C=O) groups is 2. The molecule has 37 heavy (non-hydrogen) atoms. The standard InChI is InChI=1S/C27H37Cl2N3O4S/c1-7-25(27(34)30-15-18(2)3)31(16-21-8-11-22(28)14-24(21)29)26(33)17-32(37(6,35)36)23-12-9-20(10-13-23)19(4)5/h8-14,18-19,25H,7,15-17H2,1-6H3,(H,30,34)/t25-/m0/s1. The molecule has 10 heteroatoms. The van der Waals surface area contributed by atoms with Gasteiger partial charge in [-0.25, -0.2) is 8.42 Å². The smallest absolute Gasteiger partial charge is 0.244 e. The van der Waals surface area contributed by atoms with Gasteiger partial charge in [-0.15, -0.1) is 0 Å². The SMILES string of the molecule is CC[C@@H](C(=O)NCC(C)C)N(Cc1ccc(Cl)cc1Cl)C(=O)CN(c1ccc(C(C)C)cc1)S(C)(=O)=O. The van der Waals surface area contributed by atoms with Crippen LogP contribution in [0.25, 0.3) is 0 Å². The molecule has 0 heterocycles. The topological polar surface area (TPSA) is 86.8 Å². The Kier molecular flexibility index (Phi) is 11.3. The summed E-state index contributed by atoms with van der Waals surface area (Å²) in [7, 11) is -3.80. The van der Waals surface area contributed by atoms with Gasteiger partial charge in [0.2, 0.25) is 21.8 Å². The molecule has 0 spiro atoms. The molecule has 0 aliphatic carbocycles. The molecule has 0 aliphatic rings. The number of rotatable bonds is 12. The summed E-state index contributed by atoms with van der Waals surface area (Å²) in [6, 6.07) is 11.2. The Morgan fingerprint density at radius 1 is 1.00 bits per heavy atom. The van der Waals surface area contributed by atoms with E-state index in [0.717, 1.165) is 16.1 Å². The lowest BCUT2D eigenvalue weighted by Crippen LogP contribution is -2.52. The van der Waals surface area contributed by atoms with Crippen molar-refractivity contribution in [3.63, 3.8) is 0 Å². The van der Waals surface area contributed by atoms with Crippen LogP contribution in [0.15, 0.2) is 42.5 Å². The van der Waals surface area contributed by atoms with E-state index in [4.69, 9.17) is 23.2 Å². The molecule has 0 aromatic heterocycles. The molecule has 1 atom stereocenters. The number of benzene rings is 2. The zero-order valence-electron chi connectivity index (χ0n) is 22.3. The van der Waals surface area contributed by atoms with Crippen molar-refractivity contribution in [2.45, 2.75) is 59.5 Å². The average molecular weight is 571 g/mol. The number of sulfonamides is 1. The van der Waals surface area contributed by atoms with Crippen LogP contribution in [0.2, 0.25) is 10.0 Å². The van der Waals surface area contributed by atoms with Crippen molar-refractivity contribution in [1.29, 1.82) is 0 Å². The van der Waals surface area contributed by atoms with Gasteiger partial charge in [-0.05, 0) is 53.6 Å². The molecule has 2 aromatic carbocycles. The molecule has 0 fully saturated rings. The molecule has 0 saturated heterocycles. The Morgan fingerprint density at radius 3 is 2.11 bits per heavy atom. The molecular weight excluding hydrogens is 533 g/mol. The van der Waals surface area contributed by atoms with E-state index in [1.54, 1.807) is 30.3 Å². The second-order valence-corrected chi connectivity index (χ2v) is 12.6. The molecular formula is C27H37Cl2N3O4S. The molecule has 0 aliphatic heterocycles. The summed E-state index contributed by atoms with van der Waals surface area (Å²) in [6.07, 6.45) is 1.40. The van der Waals surface area contributed by atoms with Crippen LogP contribution >= 0.6 is 23.2 Å².